The van der Waals surface area contributed by atoms with Crippen LogP contribution in [0.1, 0.15) is 49.8 Å². The van der Waals surface area contributed by atoms with Crippen molar-refractivity contribution in [2.24, 2.45) is 0 Å². The van der Waals surface area contributed by atoms with E-state index in [9.17, 15) is 9.59 Å². The van der Waals surface area contributed by atoms with Gasteiger partial charge in [-0.2, -0.15) is 0 Å². The number of nitrogens with zero attached hydrogens (tertiary/aromatic N) is 2. The highest BCUT2D eigenvalue weighted by molar-refractivity contribution is 5.89. The highest BCUT2D eigenvalue weighted by Crippen LogP contribution is 2.25. The first-order valence-electron chi connectivity index (χ1n) is 8.20. The van der Waals surface area contributed by atoms with Crippen molar-refractivity contribution in [2.45, 2.75) is 39.3 Å². The lowest BCUT2D eigenvalue weighted by molar-refractivity contribution is 0.0506. The summed E-state index contributed by atoms with van der Waals surface area (Å²) < 4.78 is 9.98. The number of hydrogen-bond acceptors (Lipinski definition) is 6. The summed E-state index contributed by atoms with van der Waals surface area (Å²) in [6.45, 7) is 7.20. The van der Waals surface area contributed by atoms with Crippen molar-refractivity contribution in [3.05, 3.63) is 47.9 Å². The number of carbonyl (C=O) groups excluding carboxylic acids is 2. The fraction of sp³-hybridized carbons (Fsp3) is 0.368. The number of esters is 1. The smallest absolute Gasteiger partial charge is 0.408 e. The number of aromatic nitrogens is 2. The number of benzene rings is 1. The number of rotatable bonds is 4. The van der Waals surface area contributed by atoms with Crippen molar-refractivity contribution in [3.8, 4) is 11.3 Å². The number of nitrogens with one attached hydrogen (secondary N) is 1. The van der Waals surface area contributed by atoms with Gasteiger partial charge in [0.1, 0.15) is 5.60 Å². The van der Waals surface area contributed by atoms with Gasteiger partial charge in [-0.3, -0.25) is 9.97 Å². The average molecular weight is 357 g/mol. The molecular formula is C19H23N3O4. The van der Waals surface area contributed by atoms with Gasteiger partial charge in [0.2, 0.25) is 0 Å². The molecule has 2 rings (SSSR count). The van der Waals surface area contributed by atoms with Gasteiger partial charge in [0, 0.05) is 18.0 Å². The average Bonchev–Trinajstić information content (AvgIpc) is 2.59. The van der Waals surface area contributed by atoms with E-state index in [1.807, 2.05) is 0 Å². The first-order chi connectivity index (χ1) is 12.2. The molecule has 7 nitrogen and oxygen atoms in total. The van der Waals surface area contributed by atoms with Crippen LogP contribution in [0.5, 0.6) is 0 Å². The van der Waals surface area contributed by atoms with Gasteiger partial charge in [0.05, 0.1) is 30.1 Å². The minimum Gasteiger partial charge on any atom is -0.465 e. The van der Waals surface area contributed by atoms with Crippen LogP contribution in [0.2, 0.25) is 0 Å². The largest absolute Gasteiger partial charge is 0.465 e. The highest BCUT2D eigenvalue weighted by Gasteiger charge is 2.21. The summed E-state index contributed by atoms with van der Waals surface area (Å²) in [5.41, 5.74) is 1.86. The summed E-state index contributed by atoms with van der Waals surface area (Å²) >= 11 is 0. The summed E-state index contributed by atoms with van der Waals surface area (Å²) in [6.07, 6.45) is 2.62. The van der Waals surface area contributed by atoms with Crippen molar-refractivity contribution >= 4 is 12.1 Å². The molecule has 1 N–H and O–H groups in total. The fourth-order valence-electron chi connectivity index (χ4n) is 2.32. The Bertz CT molecular complexity index is 782. The number of hydrogen-bond donors (Lipinski definition) is 1. The van der Waals surface area contributed by atoms with Crippen LogP contribution in [-0.2, 0) is 9.47 Å². The van der Waals surface area contributed by atoms with Gasteiger partial charge in [0.25, 0.3) is 0 Å². The molecule has 0 spiro atoms. The van der Waals surface area contributed by atoms with Crippen LogP contribution in [0.4, 0.5) is 4.79 Å². The van der Waals surface area contributed by atoms with Gasteiger partial charge < -0.3 is 14.8 Å². The number of alkyl carbamates (subject to hydrolysis) is 1. The normalized spacial score (nSPS) is 12.2. The van der Waals surface area contributed by atoms with E-state index in [1.165, 1.54) is 7.11 Å². The summed E-state index contributed by atoms with van der Waals surface area (Å²) in [6, 6.07) is 6.44. The summed E-state index contributed by atoms with van der Waals surface area (Å²) in [4.78, 5) is 32.3. The molecule has 1 amide bonds. The second-order valence-corrected chi connectivity index (χ2v) is 6.73. The molecule has 2 aromatic rings. The lowest BCUT2D eigenvalue weighted by Crippen LogP contribution is -2.34. The fourth-order valence-corrected chi connectivity index (χ4v) is 2.32. The van der Waals surface area contributed by atoms with Gasteiger partial charge in [-0.05, 0) is 39.8 Å². The third-order valence-corrected chi connectivity index (χ3v) is 3.45. The van der Waals surface area contributed by atoms with E-state index in [-0.39, 0.29) is 0 Å². The van der Waals surface area contributed by atoms with Crippen LogP contribution < -0.4 is 5.32 Å². The predicted octanol–water partition coefficient (Wildman–Crippen LogP) is 3.52. The highest BCUT2D eigenvalue weighted by atomic mass is 16.6. The predicted molar refractivity (Wildman–Crippen MR) is 96.6 cm³/mol. The SMILES string of the molecule is COC(=O)c1ccc(-c2nccnc2C(C)NC(=O)OC(C)(C)C)cc1. The van der Waals surface area contributed by atoms with Gasteiger partial charge >= 0.3 is 12.1 Å². The van der Waals surface area contributed by atoms with E-state index >= 15 is 0 Å². The second kappa shape index (κ2) is 7.95. The molecular weight excluding hydrogens is 334 g/mol. The van der Waals surface area contributed by atoms with E-state index in [1.54, 1.807) is 64.4 Å². The van der Waals surface area contributed by atoms with Crippen LogP contribution >= 0.6 is 0 Å². The Morgan fingerprint density at radius 3 is 2.27 bits per heavy atom. The van der Waals surface area contributed by atoms with Crippen molar-refractivity contribution in [2.75, 3.05) is 7.11 Å². The standard InChI is InChI=1S/C19H23N3O4/c1-12(22-18(24)26-19(2,3)4)15-16(21-11-10-20-15)13-6-8-14(9-7-13)17(23)25-5/h6-12H,1-5H3,(H,22,24). The molecule has 1 heterocycles. The van der Waals surface area contributed by atoms with Crippen LogP contribution in [0.25, 0.3) is 11.3 Å². The molecule has 1 aromatic carbocycles. The Morgan fingerprint density at radius 1 is 1.08 bits per heavy atom. The molecule has 138 valence electrons. The zero-order valence-electron chi connectivity index (χ0n) is 15.6. The molecule has 26 heavy (non-hydrogen) atoms. The van der Waals surface area contributed by atoms with Crippen molar-refractivity contribution < 1.29 is 19.1 Å². The van der Waals surface area contributed by atoms with E-state index in [2.05, 4.69) is 15.3 Å². The first kappa shape index (κ1) is 19.4. The molecule has 0 aliphatic heterocycles. The summed E-state index contributed by atoms with van der Waals surface area (Å²) in [5, 5.41) is 2.76. The lowest BCUT2D eigenvalue weighted by Gasteiger charge is -2.22. The Hall–Kier alpha value is -2.96. The van der Waals surface area contributed by atoms with Crippen LogP contribution in [0, 0.1) is 0 Å². The third kappa shape index (κ3) is 5.02. The lowest BCUT2D eigenvalue weighted by atomic mass is 10.0. The molecule has 0 fully saturated rings. The molecule has 0 saturated carbocycles. The van der Waals surface area contributed by atoms with Crippen LogP contribution in [0.15, 0.2) is 36.7 Å². The Kier molecular flexibility index (Phi) is 5.92. The number of carbonyl (C=O) groups is 2. The molecule has 1 atom stereocenters. The summed E-state index contributed by atoms with van der Waals surface area (Å²) in [5.74, 6) is -0.407. The second-order valence-electron chi connectivity index (χ2n) is 6.73. The van der Waals surface area contributed by atoms with Crippen molar-refractivity contribution in [1.29, 1.82) is 0 Å². The molecule has 1 unspecified atom stereocenters. The van der Waals surface area contributed by atoms with Crippen molar-refractivity contribution in [3.63, 3.8) is 0 Å². The molecule has 1 aromatic heterocycles. The Morgan fingerprint density at radius 2 is 1.69 bits per heavy atom. The monoisotopic (exact) mass is 357 g/mol. The molecule has 0 radical (unpaired) electrons. The van der Waals surface area contributed by atoms with Gasteiger partial charge in [-0.25, -0.2) is 9.59 Å². The maximum absolute atomic E-state index is 12.0. The van der Waals surface area contributed by atoms with Crippen LogP contribution in [0.3, 0.4) is 0 Å². The molecule has 0 aliphatic rings. The topological polar surface area (TPSA) is 90.4 Å². The summed E-state index contributed by atoms with van der Waals surface area (Å²) in [7, 11) is 1.33. The Labute approximate surface area is 152 Å². The number of ether oxygens (including phenoxy) is 2. The minimum atomic E-state index is -0.585. The Balaban J connectivity index is 2.24. The van der Waals surface area contributed by atoms with Gasteiger partial charge in [0.15, 0.2) is 0 Å². The number of amides is 1. The van der Waals surface area contributed by atoms with Crippen LogP contribution in [-0.4, -0.2) is 34.7 Å². The number of methoxy groups -OCH3 is 1. The maximum atomic E-state index is 12.0. The van der Waals surface area contributed by atoms with E-state index in [0.29, 0.717) is 17.0 Å². The first-order valence-corrected chi connectivity index (χ1v) is 8.20. The van der Waals surface area contributed by atoms with Gasteiger partial charge in [-0.1, -0.05) is 12.1 Å². The molecule has 0 saturated heterocycles. The zero-order valence-corrected chi connectivity index (χ0v) is 15.6. The maximum Gasteiger partial charge on any atom is 0.408 e. The quantitative estimate of drug-likeness (QED) is 0.842. The molecule has 7 heteroatoms. The molecule has 0 aliphatic carbocycles. The third-order valence-electron chi connectivity index (χ3n) is 3.45. The van der Waals surface area contributed by atoms with E-state index < -0.39 is 23.7 Å². The van der Waals surface area contributed by atoms with E-state index in [4.69, 9.17) is 9.47 Å². The van der Waals surface area contributed by atoms with Gasteiger partial charge in [-0.15, -0.1) is 0 Å². The molecule has 0 bridgehead atoms. The minimum absolute atomic E-state index is 0.407. The van der Waals surface area contributed by atoms with Crippen molar-refractivity contribution in [1.82, 2.24) is 15.3 Å². The van der Waals surface area contributed by atoms with E-state index in [0.717, 1.165) is 5.56 Å². The zero-order chi connectivity index (χ0) is 19.3.